The Morgan fingerprint density at radius 1 is 1.24 bits per heavy atom. The Labute approximate surface area is 134 Å². The van der Waals surface area contributed by atoms with Crippen molar-refractivity contribution in [3.63, 3.8) is 0 Å². The number of nitrogen functional groups attached to an aromatic ring is 1. The third kappa shape index (κ3) is 2.73. The lowest BCUT2D eigenvalue weighted by molar-refractivity contribution is 0.192. The molecule has 1 aromatic carbocycles. The van der Waals surface area contributed by atoms with E-state index in [0.717, 1.165) is 27.7 Å². The lowest BCUT2D eigenvalue weighted by Gasteiger charge is -2.37. The Morgan fingerprint density at radius 2 is 1.95 bits per heavy atom. The van der Waals surface area contributed by atoms with Crippen molar-refractivity contribution in [1.29, 1.82) is 0 Å². The minimum Gasteiger partial charge on any atom is -0.367 e. The highest BCUT2D eigenvalue weighted by molar-refractivity contribution is 9.10. The first-order chi connectivity index (χ1) is 9.99. The maximum Gasteiger partial charge on any atom is 0.230 e. The lowest BCUT2D eigenvalue weighted by Crippen LogP contribution is -2.26. The predicted octanol–water partition coefficient (Wildman–Crippen LogP) is 5.37. The highest BCUT2D eigenvalue weighted by Crippen LogP contribution is 2.49. The zero-order chi connectivity index (χ0) is 15.0. The molecule has 1 heterocycles. The van der Waals surface area contributed by atoms with E-state index in [9.17, 15) is 0 Å². The van der Waals surface area contributed by atoms with Gasteiger partial charge in [0.15, 0.2) is 0 Å². The molecule has 1 aliphatic carbocycles. The topological polar surface area (TPSA) is 52.0 Å². The number of rotatable bonds is 2. The third-order valence-electron chi connectivity index (χ3n) is 4.72. The number of anilines is 1. The number of halogens is 1. The number of nitrogens with zero attached hydrogens (tertiary/aromatic N) is 1. The van der Waals surface area contributed by atoms with E-state index in [1.807, 2.05) is 12.1 Å². The Morgan fingerprint density at radius 3 is 2.62 bits per heavy atom. The normalized spacial score (nSPS) is 21.4. The average molecular weight is 349 g/mol. The summed E-state index contributed by atoms with van der Waals surface area (Å²) >= 11 is 3.47. The molecule has 2 N–H and O–H groups in total. The Bertz CT molecular complexity index is 631. The fraction of sp³-hybridized carbons (Fsp3) is 0.471. The second-order valence-corrected chi connectivity index (χ2v) is 7.52. The molecule has 1 saturated carbocycles. The first-order valence-corrected chi connectivity index (χ1v) is 8.29. The molecular weight excluding hydrogens is 328 g/mol. The van der Waals surface area contributed by atoms with Crippen LogP contribution in [0.2, 0.25) is 0 Å². The van der Waals surface area contributed by atoms with Gasteiger partial charge in [0.25, 0.3) is 0 Å². The largest absolute Gasteiger partial charge is 0.367 e. The Kier molecular flexibility index (Phi) is 3.82. The summed E-state index contributed by atoms with van der Waals surface area (Å²) in [5.74, 6) is 0.833. The van der Waals surface area contributed by atoms with Crippen LogP contribution in [0.25, 0.3) is 11.1 Å². The van der Waals surface area contributed by atoms with Crippen molar-refractivity contribution in [3.8, 4) is 11.1 Å². The van der Waals surface area contributed by atoms with Crippen LogP contribution in [0.5, 0.6) is 0 Å². The van der Waals surface area contributed by atoms with Gasteiger partial charge in [0.2, 0.25) is 5.88 Å². The summed E-state index contributed by atoms with van der Waals surface area (Å²) in [5, 5.41) is 4.32. The minimum atomic E-state index is 0.242. The van der Waals surface area contributed by atoms with Crippen molar-refractivity contribution in [3.05, 3.63) is 34.4 Å². The zero-order valence-corrected chi connectivity index (χ0v) is 14.1. The van der Waals surface area contributed by atoms with E-state index < -0.39 is 0 Å². The SMILES string of the molecule is CC1(C)CCCCC1c1noc(N)c1-c1ccc(Br)cc1. The van der Waals surface area contributed by atoms with Gasteiger partial charge in [0, 0.05) is 10.4 Å². The van der Waals surface area contributed by atoms with Crippen molar-refractivity contribution >= 4 is 21.8 Å². The summed E-state index contributed by atoms with van der Waals surface area (Å²) < 4.78 is 6.40. The van der Waals surface area contributed by atoms with Crippen LogP contribution in [0.4, 0.5) is 5.88 Å². The Hall–Kier alpha value is -1.29. The van der Waals surface area contributed by atoms with E-state index >= 15 is 0 Å². The molecule has 2 aromatic rings. The molecule has 1 aliphatic rings. The number of nitrogens with two attached hydrogens (primary N) is 1. The van der Waals surface area contributed by atoms with Gasteiger partial charge < -0.3 is 10.3 Å². The van der Waals surface area contributed by atoms with Gasteiger partial charge in [-0.05, 0) is 36.0 Å². The molecule has 4 heteroatoms. The van der Waals surface area contributed by atoms with Crippen LogP contribution >= 0.6 is 15.9 Å². The summed E-state index contributed by atoms with van der Waals surface area (Å²) in [7, 11) is 0. The van der Waals surface area contributed by atoms with Gasteiger partial charge in [0.05, 0.1) is 11.3 Å². The maximum atomic E-state index is 6.07. The van der Waals surface area contributed by atoms with Gasteiger partial charge in [-0.25, -0.2) is 0 Å². The molecule has 0 saturated heterocycles. The maximum absolute atomic E-state index is 6.07. The van der Waals surface area contributed by atoms with E-state index in [-0.39, 0.29) is 5.41 Å². The third-order valence-corrected chi connectivity index (χ3v) is 5.24. The quantitative estimate of drug-likeness (QED) is 0.793. The second kappa shape index (κ2) is 5.48. The first kappa shape index (κ1) is 14.6. The van der Waals surface area contributed by atoms with Crippen LogP contribution in [-0.4, -0.2) is 5.16 Å². The van der Waals surface area contributed by atoms with Gasteiger partial charge in [-0.2, -0.15) is 0 Å². The second-order valence-electron chi connectivity index (χ2n) is 6.60. The zero-order valence-electron chi connectivity index (χ0n) is 12.5. The van der Waals surface area contributed by atoms with Crippen molar-refractivity contribution < 1.29 is 4.52 Å². The van der Waals surface area contributed by atoms with Crippen LogP contribution < -0.4 is 5.73 Å². The smallest absolute Gasteiger partial charge is 0.230 e. The average Bonchev–Trinajstić information content (AvgIpc) is 2.81. The molecule has 0 spiro atoms. The van der Waals surface area contributed by atoms with Crippen molar-refractivity contribution in [2.75, 3.05) is 5.73 Å². The minimum absolute atomic E-state index is 0.242. The van der Waals surface area contributed by atoms with E-state index in [2.05, 4.69) is 47.1 Å². The van der Waals surface area contributed by atoms with Crippen LogP contribution in [0, 0.1) is 5.41 Å². The number of hydrogen-bond donors (Lipinski definition) is 1. The molecular formula is C17H21BrN2O. The van der Waals surface area contributed by atoms with Crippen molar-refractivity contribution in [2.45, 2.75) is 45.4 Å². The molecule has 0 radical (unpaired) electrons. The van der Waals surface area contributed by atoms with Crippen molar-refractivity contribution in [1.82, 2.24) is 5.16 Å². The molecule has 0 aliphatic heterocycles. The van der Waals surface area contributed by atoms with E-state index in [1.54, 1.807) is 0 Å². The van der Waals surface area contributed by atoms with Crippen LogP contribution in [-0.2, 0) is 0 Å². The monoisotopic (exact) mass is 348 g/mol. The van der Waals surface area contributed by atoms with Gasteiger partial charge >= 0.3 is 0 Å². The van der Waals surface area contributed by atoms with E-state index in [0.29, 0.717) is 11.8 Å². The van der Waals surface area contributed by atoms with Gasteiger partial charge in [-0.1, -0.05) is 59.9 Å². The van der Waals surface area contributed by atoms with Crippen molar-refractivity contribution in [2.24, 2.45) is 5.41 Å². The Balaban J connectivity index is 2.06. The molecule has 3 nitrogen and oxygen atoms in total. The molecule has 21 heavy (non-hydrogen) atoms. The standard InChI is InChI=1S/C17H21BrN2O/c1-17(2)10-4-3-5-13(17)15-14(16(19)21-20-15)11-6-8-12(18)9-7-11/h6-9,13H,3-5,10,19H2,1-2H3. The van der Waals surface area contributed by atoms with E-state index in [1.165, 1.54) is 19.3 Å². The van der Waals surface area contributed by atoms with E-state index in [4.69, 9.17) is 10.3 Å². The number of aromatic nitrogens is 1. The summed E-state index contributed by atoms with van der Waals surface area (Å²) in [6, 6.07) is 8.17. The molecule has 1 atom stereocenters. The number of benzene rings is 1. The fourth-order valence-corrected chi connectivity index (χ4v) is 3.73. The van der Waals surface area contributed by atoms with Gasteiger partial charge in [-0.15, -0.1) is 0 Å². The molecule has 112 valence electrons. The van der Waals surface area contributed by atoms with Gasteiger partial charge in [-0.3, -0.25) is 0 Å². The number of hydrogen-bond acceptors (Lipinski definition) is 3. The fourth-order valence-electron chi connectivity index (χ4n) is 3.46. The molecule has 1 fully saturated rings. The lowest BCUT2D eigenvalue weighted by atomic mass is 9.67. The molecule has 1 unspecified atom stereocenters. The van der Waals surface area contributed by atoms with Crippen LogP contribution in [0.3, 0.4) is 0 Å². The summed E-state index contributed by atoms with van der Waals surface area (Å²) in [6.45, 7) is 4.65. The highest BCUT2D eigenvalue weighted by atomic mass is 79.9. The first-order valence-electron chi connectivity index (χ1n) is 7.50. The van der Waals surface area contributed by atoms with Gasteiger partial charge in [0.1, 0.15) is 0 Å². The molecule has 1 aromatic heterocycles. The molecule has 3 rings (SSSR count). The van der Waals surface area contributed by atoms with Crippen LogP contribution in [0.1, 0.15) is 51.1 Å². The summed E-state index contributed by atoms with van der Waals surface area (Å²) in [4.78, 5) is 0. The molecule has 0 bridgehead atoms. The predicted molar refractivity (Wildman–Crippen MR) is 89.0 cm³/mol. The summed E-state index contributed by atoms with van der Waals surface area (Å²) in [5.41, 5.74) is 9.39. The highest BCUT2D eigenvalue weighted by Gasteiger charge is 2.37. The summed E-state index contributed by atoms with van der Waals surface area (Å²) in [6.07, 6.45) is 4.93. The van der Waals surface area contributed by atoms with Crippen LogP contribution in [0.15, 0.2) is 33.3 Å². The molecule has 0 amide bonds.